The molecule has 0 N–H and O–H groups in total. The van der Waals surface area contributed by atoms with Crippen molar-refractivity contribution in [1.82, 2.24) is 10.1 Å². The van der Waals surface area contributed by atoms with Gasteiger partial charge in [-0.1, -0.05) is 16.8 Å². The Balaban J connectivity index is 1.84. The lowest BCUT2D eigenvalue weighted by Gasteiger charge is -2.22. The van der Waals surface area contributed by atoms with Crippen LogP contribution in [0.25, 0.3) is 11.0 Å². The number of benzene rings is 1. The molecule has 0 aliphatic carbocycles. The van der Waals surface area contributed by atoms with E-state index in [0.717, 1.165) is 5.56 Å². The van der Waals surface area contributed by atoms with Crippen LogP contribution in [0.3, 0.4) is 0 Å². The summed E-state index contributed by atoms with van der Waals surface area (Å²) in [6.07, 6.45) is 3.21. The SMILES string of the molecule is Cc1cc(N2C(=O)c3oc4cc(C)c(Cl)cc4c(=O)c3[C@@H]2c2ccncc2)no1. The van der Waals surface area contributed by atoms with Gasteiger partial charge in [0.2, 0.25) is 5.76 Å². The summed E-state index contributed by atoms with van der Waals surface area (Å²) in [7, 11) is 0. The van der Waals surface area contributed by atoms with Crippen LogP contribution in [0.5, 0.6) is 0 Å². The third-order valence-electron chi connectivity index (χ3n) is 5.04. The number of hydrogen-bond donors (Lipinski definition) is 0. The van der Waals surface area contributed by atoms with Crippen molar-refractivity contribution in [3.05, 3.63) is 86.2 Å². The van der Waals surface area contributed by atoms with Crippen molar-refractivity contribution in [3.63, 3.8) is 0 Å². The molecule has 1 aliphatic heterocycles. The van der Waals surface area contributed by atoms with Gasteiger partial charge < -0.3 is 8.94 Å². The van der Waals surface area contributed by atoms with E-state index in [1.165, 1.54) is 4.90 Å². The molecule has 144 valence electrons. The molecule has 5 rings (SSSR count). The fourth-order valence-electron chi connectivity index (χ4n) is 3.66. The van der Waals surface area contributed by atoms with Gasteiger partial charge in [-0.25, -0.2) is 0 Å². The summed E-state index contributed by atoms with van der Waals surface area (Å²) < 4.78 is 11.1. The lowest BCUT2D eigenvalue weighted by molar-refractivity contribution is 0.0969. The quantitative estimate of drug-likeness (QED) is 0.494. The van der Waals surface area contributed by atoms with Crippen LogP contribution >= 0.6 is 11.6 Å². The van der Waals surface area contributed by atoms with E-state index in [9.17, 15) is 9.59 Å². The molecule has 4 aromatic rings. The number of nitrogens with zero attached hydrogens (tertiary/aromatic N) is 3. The average molecular weight is 408 g/mol. The van der Waals surface area contributed by atoms with Gasteiger partial charge in [-0.2, -0.15) is 0 Å². The number of fused-ring (bicyclic) bond motifs is 2. The maximum absolute atomic E-state index is 13.4. The third-order valence-corrected chi connectivity index (χ3v) is 5.44. The second-order valence-corrected chi connectivity index (χ2v) is 7.33. The summed E-state index contributed by atoms with van der Waals surface area (Å²) in [5.41, 5.74) is 1.71. The molecule has 7 nitrogen and oxygen atoms in total. The van der Waals surface area contributed by atoms with E-state index in [1.54, 1.807) is 56.6 Å². The highest BCUT2D eigenvalue weighted by molar-refractivity contribution is 6.32. The van der Waals surface area contributed by atoms with Crippen molar-refractivity contribution in [3.8, 4) is 0 Å². The normalized spacial score (nSPS) is 15.9. The molecule has 0 saturated carbocycles. The van der Waals surface area contributed by atoms with Gasteiger partial charge in [0, 0.05) is 23.5 Å². The van der Waals surface area contributed by atoms with Crippen molar-refractivity contribution in [1.29, 1.82) is 0 Å². The van der Waals surface area contributed by atoms with E-state index < -0.39 is 11.9 Å². The van der Waals surface area contributed by atoms with E-state index in [0.29, 0.717) is 33.1 Å². The van der Waals surface area contributed by atoms with E-state index in [-0.39, 0.29) is 16.8 Å². The van der Waals surface area contributed by atoms with Crippen molar-refractivity contribution in [2.24, 2.45) is 0 Å². The molecule has 0 spiro atoms. The van der Waals surface area contributed by atoms with Crippen molar-refractivity contribution >= 4 is 34.3 Å². The van der Waals surface area contributed by atoms with Crippen LogP contribution in [0.2, 0.25) is 5.02 Å². The number of anilines is 1. The highest BCUT2D eigenvalue weighted by Gasteiger charge is 2.44. The van der Waals surface area contributed by atoms with Gasteiger partial charge in [-0.05, 0) is 49.2 Å². The van der Waals surface area contributed by atoms with E-state index in [2.05, 4.69) is 10.1 Å². The molecular formula is C21H14ClN3O4. The average Bonchev–Trinajstić information content (AvgIpc) is 3.26. The predicted octanol–water partition coefficient (Wildman–Crippen LogP) is 4.20. The molecular weight excluding hydrogens is 394 g/mol. The minimum absolute atomic E-state index is 0.00770. The van der Waals surface area contributed by atoms with Crippen LogP contribution in [-0.2, 0) is 0 Å². The highest BCUT2D eigenvalue weighted by atomic mass is 35.5. The van der Waals surface area contributed by atoms with Crippen molar-refractivity contribution in [2.45, 2.75) is 19.9 Å². The van der Waals surface area contributed by atoms with Gasteiger partial charge in [-0.15, -0.1) is 0 Å². The first kappa shape index (κ1) is 17.6. The Labute approximate surface area is 169 Å². The topological polar surface area (TPSA) is 89.4 Å². The number of aryl methyl sites for hydroxylation is 2. The van der Waals surface area contributed by atoms with Crippen LogP contribution in [0.15, 0.2) is 56.5 Å². The largest absolute Gasteiger partial charge is 0.450 e. The molecule has 0 radical (unpaired) electrons. The van der Waals surface area contributed by atoms with Crippen LogP contribution in [-0.4, -0.2) is 16.0 Å². The summed E-state index contributed by atoms with van der Waals surface area (Å²) >= 11 is 6.23. The van der Waals surface area contributed by atoms with Gasteiger partial charge >= 0.3 is 0 Å². The molecule has 1 amide bonds. The number of carbonyl (C=O) groups is 1. The summed E-state index contributed by atoms with van der Waals surface area (Å²) in [4.78, 5) is 32.2. The molecule has 3 aromatic heterocycles. The van der Waals surface area contributed by atoms with Crippen LogP contribution < -0.4 is 10.3 Å². The number of halogens is 1. The second-order valence-electron chi connectivity index (χ2n) is 6.93. The number of pyridine rings is 1. The summed E-state index contributed by atoms with van der Waals surface area (Å²) in [5.74, 6) is 0.385. The lowest BCUT2D eigenvalue weighted by atomic mass is 9.99. The number of rotatable bonds is 2. The molecule has 29 heavy (non-hydrogen) atoms. The van der Waals surface area contributed by atoms with E-state index in [4.69, 9.17) is 20.5 Å². The predicted molar refractivity (Wildman–Crippen MR) is 106 cm³/mol. The first-order valence-corrected chi connectivity index (χ1v) is 9.27. The Hall–Kier alpha value is -3.45. The zero-order valence-electron chi connectivity index (χ0n) is 15.5. The summed E-state index contributed by atoms with van der Waals surface area (Å²) in [6.45, 7) is 3.54. The Bertz CT molecular complexity index is 1340. The van der Waals surface area contributed by atoms with E-state index in [1.807, 2.05) is 0 Å². The summed E-state index contributed by atoms with van der Waals surface area (Å²) in [6, 6.07) is 7.66. The van der Waals surface area contributed by atoms with Crippen LogP contribution in [0.1, 0.15) is 39.0 Å². The van der Waals surface area contributed by atoms with Gasteiger partial charge in [0.05, 0.1) is 17.0 Å². The molecule has 0 bridgehead atoms. The van der Waals surface area contributed by atoms with Gasteiger partial charge in [0.15, 0.2) is 11.2 Å². The number of amides is 1. The standard InChI is InChI=1S/C21H14ClN3O4/c1-10-7-15-13(9-14(10)22)19(26)17-18(12-3-5-23-6-4-12)25(21(27)20(17)28-15)16-8-11(2)29-24-16/h3-9,18H,1-2H3/t18-/m0/s1. The molecule has 4 heterocycles. The number of carbonyl (C=O) groups excluding carboxylic acids is 1. The van der Waals surface area contributed by atoms with Gasteiger partial charge in [-0.3, -0.25) is 19.5 Å². The molecule has 1 atom stereocenters. The van der Waals surface area contributed by atoms with Gasteiger partial charge in [0.1, 0.15) is 11.3 Å². The Morgan fingerprint density at radius 2 is 1.86 bits per heavy atom. The van der Waals surface area contributed by atoms with Crippen molar-refractivity contribution < 1.29 is 13.7 Å². The van der Waals surface area contributed by atoms with Crippen LogP contribution in [0, 0.1) is 13.8 Å². The first-order valence-electron chi connectivity index (χ1n) is 8.89. The molecule has 0 unspecified atom stereocenters. The number of aromatic nitrogens is 2. The van der Waals surface area contributed by atoms with E-state index >= 15 is 0 Å². The monoisotopic (exact) mass is 407 g/mol. The smallest absolute Gasteiger partial charge is 0.296 e. The fourth-order valence-corrected chi connectivity index (χ4v) is 3.82. The first-order chi connectivity index (χ1) is 14.0. The molecule has 8 heteroatoms. The third kappa shape index (κ3) is 2.58. The highest BCUT2D eigenvalue weighted by Crippen LogP contribution is 2.41. The Morgan fingerprint density at radius 1 is 1.10 bits per heavy atom. The Kier molecular flexibility index (Phi) is 3.82. The maximum atomic E-state index is 13.4. The zero-order valence-corrected chi connectivity index (χ0v) is 16.2. The maximum Gasteiger partial charge on any atom is 0.296 e. The number of hydrogen-bond acceptors (Lipinski definition) is 6. The minimum Gasteiger partial charge on any atom is -0.450 e. The lowest BCUT2D eigenvalue weighted by Crippen LogP contribution is -2.29. The van der Waals surface area contributed by atoms with Crippen LogP contribution in [0.4, 0.5) is 5.82 Å². The van der Waals surface area contributed by atoms with Gasteiger partial charge in [0.25, 0.3) is 5.91 Å². The molecule has 1 aromatic carbocycles. The molecule has 1 aliphatic rings. The zero-order chi connectivity index (χ0) is 20.3. The van der Waals surface area contributed by atoms with Crippen molar-refractivity contribution in [2.75, 3.05) is 4.90 Å². The minimum atomic E-state index is -0.717. The Morgan fingerprint density at radius 3 is 2.55 bits per heavy atom. The fraction of sp³-hybridized carbons (Fsp3) is 0.143. The molecule has 0 saturated heterocycles. The summed E-state index contributed by atoms with van der Waals surface area (Å²) in [5, 5.41) is 4.76. The molecule has 0 fully saturated rings. The second kappa shape index (κ2) is 6.28.